The number of halogens is 2. The van der Waals surface area contributed by atoms with Crippen molar-refractivity contribution in [2.24, 2.45) is 0 Å². The fourth-order valence-electron chi connectivity index (χ4n) is 3.84. The standard InChI is InChI=1S/C28H26F2N3O6PS/c29-28(30,40(35,36)37)21-13-11-20(12-14-21)19-26(33-41(38,39)25-9-5-2-6-10-25)27(34)32-24-17-15-23(16-18-24)31-22-7-3-1-4-8-22/h1-18,26,31,33H,19H2,(H,32,34)(H2,35,36,37)/t26-/m0/s1. The molecule has 0 heterocycles. The Morgan fingerprint density at radius 2 is 1.29 bits per heavy atom. The number of alkyl halides is 2. The first-order chi connectivity index (χ1) is 19.3. The predicted molar refractivity (Wildman–Crippen MR) is 151 cm³/mol. The molecule has 0 saturated carbocycles. The third-order valence-corrected chi connectivity index (χ3v) is 8.47. The molecular formula is C28H26F2N3O6PS. The maximum Gasteiger partial charge on any atom is 0.399 e. The Morgan fingerprint density at radius 1 is 0.780 bits per heavy atom. The third kappa shape index (κ3) is 7.63. The van der Waals surface area contributed by atoms with Gasteiger partial charge >= 0.3 is 13.3 Å². The van der Waals surface area contributed by atoms with E-state index in [0.717, 1.165) is 35.6 Å². The normalized spacial score (nSPS) is 12.9. The molecule has 0 aliphatic carbocycles. The van der Waals surface area contributed by atoms with E-state index in [1.807, 2.05) is 30.3 Å². The summed E-state index contributed by atoms with van der Waals surface area (Å²) >= 11 is 0. The van der Waals surface area contributed by atoms with Crippen molar-refractivity contribution in [3.8, 4) is 0 Å². The second-order valence-corrected chi connectivity index (χ2v) is 12.4. The lowest BCUT2D eigenvalue weighted by Crippen LogP contribution is -2.45. The average molecular weight is 602 g/mol. The van der Waals surface area contributed by atoms with E-state index in [9.17, 15) is 26.6 Å². The number of amides is 1. The molecule has 4 aromatic rings. The maximum atomic E-state index is 14.1. The molecule has 4 aromatic carbocycles. The van der Waals surface area contributed by atoms with Crippen LogP contribution in [0.3, 0.4) is 0 Å². The molecule has 0 saturated heterocycles. The van der Waals surface area contributed by atoms with Crippen molar-refractivity contribution in [2.75, 3.05) is 10.6 Å². The number of para-hydroxylation sites is 1. The maximum absolute atomic E-state index is 14.1. The number of carbonyl (C=O) groups is 1. The van der Waals surface area contributed by atoms with E-state index < -0.39 is 40.8 Å². The van der Waals surface area contributed by atoms with Gasteiger partial charge in [-0.05, 0) is 60.5 Å². The zero-order chi connectivity index (χ0) is 29.7. The van der Waals surface area contributed by atoms with E-state index in [1.165, 1.54) is 24.3 Å². The smallest absolute Gasteiger partial charge is 0.356 e. The van der Waals surface area contributed by atoms with Gasteiger partial charge in [0, 0.05) is 22.6 Å². The molecule has 0 aliphatic rings. The van der Waals surface area contributed by atoms with E-state index in [4.69, 9.17) is 9.79 Å². The van der Waals surface area contributed by atoms with Crippen LogP contribution < -0.4 is 15.4 Å². The van der Waals surface area contributed by atoms with Gasteiger partial charge in [0.2, 0.25) is 15.9 Å². The van der Waals surface area contributed by atoms with Crippen molar-refractivity contribution in [3.63, 3.8) is 0 Å². The Bertz CT molecular complexity index is 1630. The Labute approximate surface area is 235 Å². The zero-order valence-electron chi connectivity index (χ0n) is 21.3. The summed E-state index contributed by atoms with van der Waals surface area (Å²) in [4.78, 5) is 31.2. The van der Waals surface area contributed by atoms with Gasteiger partial charge in [-0.2, -0.15) is 13.5 Å². The first kappa shape index (κ1) is 30.0. The quantitative estimate of drug-likeness (QED) is 0.149. The molecular weight excluding hydrogens is 575 g/mol. The Hall–Kier alpha value is -3.93. The van der Waals surface area contributed by atoms with Crippen molar-refractivity contribution in [1.82, 2.24) is 4.72 Å². The number of carbonyl (C=O) groups excluding carboxylic acids is 1. The molecule has 5 N–H and O–H groups in total. The van der Waals surface area contributed by atoms with Gasteiger partial charge in [-0.15, -0.1) is 0 Å². The average Bonchev–Trinajstić information content (AvgIpc) is 2.94. The van der Waals surface area contributed by atoms with Gasteiger partial charge in [0.1, 0.15) is 6.04 Å². The van der Waals surface area contributed by atoms with Crippen LogP contribution in [-0.4, -0.2) is 30.2 Å². The molecule has 0 unspecified atom stereocenters. The van der Waals surface area contributed by atoms with Crippen LogP contribution in [0.4, 0.5) is 25.8 Å². The van der Waals surface area contributed by atoms with Crippen molar-refractivity contribution in [3.05, 3.63) is 120 Å². The Morgan fingerprint density at radius 3 is 1.85 bits per heavy atom. The molecule has 1 amide bonds. The van der Waals surface area contributed by atoms with Gasteiger partial charge in [0.05, 0.1) is 4.90 Å². The summed E-state index contributed by atoms with van der Waals surface area (Å²) in [6, 6.07) is 26.1. The molecule has 0 spiro atoms. The largest absolute Gasteiger partial charge is 0.399 e. The van der Waals surface area contributed by atoms with Gasteiger partial charge in [0.25, 0.3) is 0 Å². The number of hydrogen-bond acceptors (Lipinski definition) is 5. The van der Waals surface area contributed by atoms with Gasteiger partial charge in [0.15, 0.2) is 0 Å². The summed E-state index contributed by atoms with van der Waals surface area (Å²) in [6.07, 6.45) is -0.243. The fraction of sp³-hybridized carbons (Fsp3) is 0.107. The van der Waals surface area contributed by atoms with E-state index >= 15 is 0 Å². The molecule has 0 bridgehead atoms. The molecule has 214 valence electrons. The lowest BCUT2D eigenvalue weighted by molar-refractivity contribution is -0.117. The second kappa shape index (κ2) is 12.3. The van der Waals surface area contributed by atoms with Gasteiger partial charge in [-0.25, -0.2) is 8.42 Å². The lowest BCUT2D eigenvalue weighted by Gasteiger charge is -2.20. The Balaban J connectivity index is 1.54. The molecule has 4 rings (SSSR count). The minimum atomic E-state index is -5.77. The SMILES string of the molecule is O=C(Nc1ccc(Nc2ccccc2)cc1)[C@H](Cc1ccc(C(F)(F)P(=O)(O)O)cc1)NS(=O)(=O)c1ccccc1. The number of hydrogen-bond donors (Lipinski definition) is 5. The zero-order valence-corrected chi connectivity index (χ0v) is 23.0. The molecule has 13 heteroatoms. The van der Waals surface area contributed by atoms with Crippen LogP contribution in [0.5, 0.6) is 0 Å². The lowest BCUT2D eigenvalue weighted by atomic mass is 10.0. The molecule has 0 aromatic heterocycles. The van der Waals surface area contributed by atoms with Crippen LogP contribution in [0, 0.1) is 0 Å². The number of anilines is 3. The number of rotatable bonds is 11. The minimum Gasteiger partial charge on any atom is -0.356 e. The first-order valence-corrected chi connectivity index (χ1v) is 15.3. The van der Waals surface area contributed by atoms with Crippen LogP contribution in [0.25, 0.3) is 0 Å². The van der Waals surface area contributed by atoms with Crippen LogP contribution in [0.15, 0.2) is 114 Å². The molecule has 1 atom stereocenters. The molecule has 9 nitrogen and oxygen atoms in total. The van der Waals surface area contributed by atoms with E-state index in [0.29, 0.717) is 5.69 Å². The molecule has 0 radical (unpaired) electrons. The monoisotopic (exact) mass is 601 g/mol. The first-order valence-electron chi connectivity index (χ1n) is 12.2. The van der Waals surface area contributed by atoms with Crippen LogP contribution in [-0.2, 0) is 31.5 Å². The van der Waals surface area contributed by atoms with Crippen molar-refractivity contribution in [2.45, 2.75) is 23.0 Å². The molecule has 41 heavy (non-hydrogen) atoms. The highest BCUT2D eigenvalue weighted by Crippen LogP contribution is 2.59. The summed E-state index contributed by atoms with van der Waals surface area (Å²) in [6.45, 7) is 0. The van der Waals surface area contributed by atoms with Crippen LogP contribution in [0.1, 0.15) is 11.1 Å². The van der Waals surface area contributed by atoms with E-state index in [2.05, 4.69) is 15.4 Å². The highest BCUT2D eigenvalue weighted by molar-refractivity contribution is 7.89. The fourth-order valence-corrected chi connectivity index (χ4v) is 5.54. The summed E-state index contributed by atoms with van der Waals surface area (Å²) in [7, 11) is -9.92. The van der Waals surface area contributed by atoms with Crippen LogP contribution in [0.2, 0.25) is 0 Å². The summed E-state index contributed by atoms with van der Waals surface area (Å²) < 4.78 is 67.7. The van der Waals surface area contributed by atoms with Crippen LogP contribution >= 0.6 is 7.60 Å². The number of nitrogens with one attached hydrogen (secondary N) is 3. The van der Waals surface area contributed by atoms with Crippen molar-refractivity contribution >= 4 is 40.6 Å². The summed E-state index contributed by atoms with van der Waals surface area (Å²) in [5.74, 6) is -0.710. The Kier molecular flexibility index (Phi) is 9.01. The van der Waals surface area contributed by atoms with Gasteiger partial charge < -0.3 is 20.4 Å². The summed E-state index contributed by atoms with van der Waals surface area (Å²) in [5, 5.41) is 5.87. The van der Waals surface area contributed by atoms with E-state index in [1.54, 1.807) is 30.3 Å². The van der Waals surface area contributed by atoms with Gasteiger partial charge in [-0.3, -0.25) is 9.36 Å². The van der Waals surface area contributed by atoms with Crippen molar-refractivity contribution < 1.29 is 36.3 Å². The van der Waals surface area contributed by atoms with Crippen molar-refractivity contribution in [1.29, 1.82) is 0 Å². The predicted octanol–water partition coefficient (Wildman–Crippen LogP) is 5.19. The molecule has 0 fully saturated rings. The highest BCUT2D eigenvalue weighted by atomic mass is 32.2. The van der Waals surface area contributed by atoms with Gasteiger partial charge in [-0.1, -0.05) is 60.7 Å². The third-order valence-electron chi connectivity index (χ3n) is 5.99. The number of benzene rings is 4. The molecule has 0 aliphatic heterocycles. The number of sulfonamides is 1. The second-order valence-electron chi connectivity index (χ2n) is 9.03. The highest BCUT2D eigenvalue weighted by Gasteiger charge is 2.50. The summed E-state index contributed by atoms with van der Waals surface area (Å²) in [5.41, 5.74) is -3.04. The minimum absolute atomic E-state index is 0.0780. The van der Waals surface area contributed by atoms with E-state index in [-0.39, 0.29) is 16.9 Å². The topological polar surface area (TPSA) is 145 Å².